The first kappa shape index (κ1) is 15.3. The second-order valence-electron chi connectivity index (χ2n) is 5.19. The van der Waals surface area contributed by atoms with Crippen molar-refractivity contribution in [1.82, 2.24) is 0 Å². The molecule has 4 nitrogen and oxygen atoms in total. The third kappa shape index (κ3) is 3.52. The highest BCUT2D eigenvalue weighted by atomic mass is 79.9. The van der Waals surface area contributed by atoms with Crippen LogP contribution < -0.4 is 10.5 Å². The first-order valence-corrected chi connectivity index (χ1v) is 7.60. The van der Waals surface area contributed by atoms with E-state index in [0.717, 1.165) is 30.2 Å². The van der Waals surface area contributed by atoms with E-state index in [9.17, 15) is 4.79 Å². The lowest BCUT2D eigenvalue weighted by molar-refractivity contribution is 0.0210. The summed E-state index contributed by atoms with van der Waals surface area (Å²) < 4.78 is 12.2. The Balaban J connectivity index is 2.22. The summed E-state index contributed by atoms with van der Waals surface area (Å²) >= 11 is 3.35. The summed E-state index contributed by atoms with van der Waals surface area (Å²) in [7, 11) is 1.72. The molecule has 5 heteroatoms. The Morgan fingerprint density at radius 2 is 2.05 bits per heavy atom. The van der Waals surface area contributed by atoms with E-state index < -0.39 is 0 Å². The summed E-state index contributed by atoms with van der Waals surface area (Å²) in [6, 6.07) is 3.52. The number of nitrogen functional groups attached to an aromatic ring is 1. The quantitative estimate of drug-likeness (QED) is 0.671. The number of hydrogen-bond acceptors (Lipinski definition) is 4. The van der Waals surface area contributed by atoms with E-state index in [1.165, 1.54) is 6.92 Å². The molecule has 0 amide bonds. The smallest absolute Gasteiger partial charge is 0.163 e. The molecule has 1 aliphatic rings. The van der Waals surface area contributed by atoms with E-state index in [1.54, 1.807) is 19.2 Å². The highest BCUT2D eigenvalue weighted by molar-refractivity contribution is 9.10. The molecule has 0 saturated heterocycles. The number of benzene rings is 1. The van der Waals surface area contributed by atoms with E-state index in [2.05, 4.69) is 15.9 Å². The molecule has 1 fully saturated rings. The van der Waals surface area contributed by atoms with Crippen molar-refractivity contribution in [1.29, 1.82) is 0 Å². The third-order valence-electron chi connectivity index (χ3n) is 3.66. The summed E-state index contributed by atoms with van der Waals surface area (Å²) in [5, 5.41) is 0. The number of ketones is 1. The monoisotopic (exact) mass is 341 g/mol. The molecule has 0 aliphatic heterocycles. The van der Waals surface area contributed by atoms with Crippen LogP contribution in [0, 0.1) is 0 Å². The number of nitrogens with two attached hydrogens (primary N) is 1. The molecule has 0 aromatic heterocycles. The third-order valence-corrected chi connectivity index (χ3v) is 4.12. The number of Topliss-reactive ketones (excluding diaryl/α,β-unsaturated/α-hetero) is 1. The van der Waals surface area contributed by atoms with Gasteiger partial charge in [0, 0.05) is 18.0 Å². The average molecular weight is 342 g/mol. The Hall–Kier alpha value is -1.07. The Morgan fingerprint density at radius 3 is 2.70 bits per heavy atom. The minimum atomic E-state index is -0.0490. The zero-order valence-corrected chi connectivity index (χ0v) is 13.4. The van der Waals surface area contributed by atoms with Gasteiger partial charge in [-0.25, -0.2) is 0 Å². The molecule has 2 atom stereocenters. The molecule has 20 heavy (non-hydrogen) atoms. The molecule has 0 spiro atoms. The van der Waals surface area contributed by atoms with Crippen LogP contribution in [-0.2, 0) is 4.74 Å². The fourth-order valence-electron chi connectivity index (χ4n) is 2.60. The largest absolute Gasteiger partial charge is 0.487 e. The Labute approximate surface area is 127 Å². The fourth-order valence-corrected chi connectivity index (χ4v) is 3.07. The first-order valence-electron chi connectivity index (χ1n) is 6.80. The Morgan fingerprint density at radius 1 is 1.35 bits per heavy atom. The molecule has 110 valence electrons. The van der Waals surface area contributed by atoms with Gasteiger partial charge < -0.3 is 15.2 Å². The van der Waals surface area contributed by atoms with Gasteiger partial charge in [0.05, 0.1) is 17.4 Å². The molecule has 2 unspecified atom stereocenters. The van der Waals surface area contributed by atoms with Crippen molar-refractivity contribution in [2.45, 2.75) is 44.8 Å². The predicted octanol–water partition coefficient (Wildman–Crippen LogP) is 3.57. The molecule has 2 N–H and O–H groups in total. The van der Waals surface area contributed by atoms with Crippen LogP contribution in [0.5, 0.6) is 5.75 Å². The van der Waals surface area contributed by atoms with Crippen LogP contribution in [0.1, 0.15) is 43.0 Å². The summed E-state index contributed by atoms with van der Waals surface area (Å²) in [5.74, 6) is 0.453. The van der Waals surface area contributed by atoms with Crippen molar-refractivity contribution < 1.29 is 14.3 Å². The molecular formula is C15H20BrNO3. The van der Waals surface area contributed by atoms with Gasteiger partial charge in [-0.05, 0) is 38.3 Å². The Bertz CT molecular complexity index is 504. The summed E-state index contributed by atoms with van der Waals surface area (Å²) in [5.41, 5.74) is 7.02. The molecule has 0 bridgehead atoms. The molecule has 1 saturated carbocycles. The van der Waals surface area contributed by atoms with Crippen LogP contribution in [0.2, 0.25) is 0 Å². The molecule has 1 aliphatic carbocycles. The maximum atomic E-state index is 11.8. The van der Waals surface area contributed by atoms with Gasteiger partial charge in [-0.3, -0.25) is 4.79 Å². The predicted molar refractivity (Wildman–Crippen MR) is 82.2 cm³/mol. The Kier molecular flexibility index (Phi) is 5.05. The minimum Gasteiger partial charge on any atom is -0.487 e. The standard InChI is InChI=1S/C15H20BrNO3/c1-9(18)13-6-10(16)7-14(17)15(13)20-12-5-3-4-11(8-12)19-2/h6-7,11-12H,3-5,8,17H2,1-2H3. The van der Waals surface area contributed by atoms with Crippen molar-refractivity contribution >= 4 is 27.4 Å². The van der Waals surface area contributed by atoms with Gasteiger partial charge in [-0.15, -0.1) is 0 Å². The molecule has 1 aromatic rings. The molecule has 0 heterocycles. The van der Waals surface area contributed by atoms with E-state index >= 15 is 0 Å². The number of rotatable bonds is 4. The molecule has 1 aromatic carbocycles. The van der Waals surface area contributed by atoms with Gasteiger partial charge in [0.25, 0.3) is 0 Å². The molecular weight excluding hydrogens is 322 g/mol. The summed E-state index contributed by atoms with van der Waals surface area (Å²) in [4.78, 5) is 11.8. The SMILES string of the molecule is COC1CCCC(Oc2c(N)cc(Br)cc2C(C)=O)C1. The number of ether oxygens (including phenoxy) is 2. The number of halogens is 1. The fraction of sp³-hybridized carbons (Fsp3) is 0.533. The zero-order valence-electron chi connectivity index (χ0n) is 11.8. The van der Waals surface area contributed by atoms with Gasteiger partial charge in [0.2, 0.25) is 0 Å². The minimum absolute atomic E-state index is 0.0490. The molecule has 0 radical (unpaired) electrons. The second-order valence-corrected chi connectivity index (χ2v) is 6.11. The van der Waals surface area contributed by atoms with Gasteiger partial charge in [-0.1, -0.05) is 15.9 Å². The first-order chi connectivity index (χ1) is 9.51. The number of carbonyl (C=O) groups excluding carboxylic acids is 1. The van der Waals surface area contributed by atoms with Crippen LogP contribution in [0.4, 0.5) is 5.69 Å². The maximum Gasteiger partial charge on any atom is 0.163 e. The summed E-state index contributed by atoms with van der Waals surface area (Å²) in [6.45, 7) is 1.52. The average Bonchev–Trinajstić information content (AvgIpc) is 2.41. The van der Waals surface area contributed by atoms with Crippen molar-refractivity contribution in [2.75, 3.05) is 12.8 Å². The number of hydrogen-bond donors (Lipinski definition) is 1. The number of methoxy groups -OCH3 is 1. The highest BCUT2D eigenvalue weighted by Gasteiger charge is 2.25. The maximum absolute atomic E-state index is 11.8. The van der Waals surface area contributed by atoms with Crippen molar-refractivity contribution in [3.05, 3.63) is 22.2 Å². The van der Waals surface area contributed by atoms with Gasteiger partial charge in [0.1, 0.15) is 6.10 Å². The number of carbonyl (C=O) groups is 1. The normalized spacial score (nSPS) is 22.6. The van der Waals surface area contributed by atoms with E-state index in [4.69, 9.17) is 15.2 Å². The van der Waals surface area contributed by atoms with E-state index in [1.807, 2.05) is 0 Å². The topological polar surface area (TPSA) is 61.6 Å². The van der Waals surface area contributed by atoms with E-state index in [-0.39, 0.29) is 18.0 Å². The van der Waals surface area contributed by atoms with Gasteiger partial charge >= 0.3 is 0 Å². The zero-order chi connectivity index (χ0) is 14.7. The van der Waals surface area contributed by atoms with Crippen LogP contribution >= 0.6 is 15.9 Å². The van der Waals surface area contributed by atoms with Gasteiger partial charge in [0.15, 0.2) is 11.5 Å². The van der Waals surface area contributed by atoms with Gasteiger partial charge in [-0.2, -0.15) is 0 Å². The van der Waals surface area contributed by atoms with Crippen molar-refractivity contribution in [3.8, 4) is 5.75 Å². The van der Waals surface area contributed by atoms with Crippen LogP contribution in [0.3, 0.4) is 0 Å². The molecule has 2 rings (SSSR count). The lowest BCUT2D eigenvalue weighted by Gasteiger charge is -2.29. The lowest BCUT2D eigenvalue weighted by atomic mass is 9.94. The number of anilines is 1. The van der Waals surface area contributed by atoms with Crippen molar-refractivity contribution in [2.24, 2.45) is 0 Å². The lowest BCUT2D eigenvalue weighted by Crippen LogP contribution is -2.30. The summed E-state index contributed by atoms with van der Waals surface area (Å²) in [6.07, 6.45) is 4.21. The second kappa shape index (κ2) is 6.59. The van der Waals surface area contributed by atoms with Crippen molar-refractivity contribution in [3.63, 3.8) is 0 Å². The van der Waals surface area contributed by atoms with Crippen LogP contribution in [0.15, 0.2) is 16.6 Å². The van der Waals surface area contributed by atoms with Crippen LogP contribution in [0.25, 0.3) is 0 Å². The highest BCUT2D eigenvalue weighted by Crippen LogP contribution is 2.34. The van der Waals surface area contributed by atoms with Crippen LogP contribution in [-0.4, -0.2) is 25.1 Å². The van der Waals surface area contributed by atoms with E-state index in [0.29, 0.717) is 17.0 Å².